The van der Waals surface area contributed by atoms with Gasteiger partial charge in [-0.1, -0.05) is 9.89 Å². The molecule has 154 valence electrons. The van der Waals surface area contributed by atoms with Crippen LogP contribution in [0.5, 0.6) is 0 Å². The maximum absolute atomic E-state index is 11.9. The molecule has 0 atom stereocenters. The summed E-state index contributed by atoms with van der Waals surface area (Å²) in [6.45, 7) is 3.53. The van der Waals surface area contributed by atoms with Crippen molar-refractivity contribution >= 4 is 29.2 Å². The van der Waals surface area contributed by atoms with Crippen LogP contribution in [0.4, 0.5) is 23.0 Å². The highest BCUT2D eigenvalue weighted by Crippen LogP contribution is 2.37. The second kappa shape index (κ2) is 8.41. The van der Waals surface area contributed by atoms with Crippen LogP contribution in [0, 0.1) is 10.1 Å². The Labute approximate surface area is 168 Å². The largest absolute Gasteiger partial charge is 0.371 e. The highest BCUT2D eigenvalue weighted by molar-refractivity contribution is 5.92. The summed E-state index contributed by atoms with van der Waals surface area (Å²) in [6.07, 6.45) is 8.23. The van der Waals surface area contributed by atoms with E-state index in [9.17, 15) is 10.1 Å². The van der Waals surface area contributed by atoms with Gasteiger partial charge in [0.05, 0.1) is 11.1 Å². The molecule has 2 N–H and O–H groups in total. The van der Waals surface area contributed by atoms with E-state index in [4.69, 9.17) is 5.73 Å². The summed E-state index contributed by atoms with van der Waals surface area (Å²) in [6, 6.07) is 3.57. The average molecular weight is 399 g/mol. The lowest BCUT2D eigenvalue weighted by atomic mass is 10.0. The Morgan fingerprint density at radius 3 is 2.17 bits per heavy atom. The van der Waals surface area contributed by atoms with Crippen LogP contribution in [0.2, 0.25) is 0 Å². The van der Waals surface area contributed by atoms with Crippen LogP contribution >= 0.6 is 0 Å². The Balaban J connectivity index is 1.78. The fraction of sp³-hybridized carbons (Fsp3) is 0.556. The normalized spacial score (nSPS) is 17.8. The molecular weight excluding hydrogens is 374 g/mol. The van der Waals surface area contributed by atoms with Crippen molar-refractivity contribution < 1.29 is 4.92 Å². The highest BCUT2D eigenvalue weighted by atomic mass is 16.6. The molecule has 3 heterocycles. The number of hydrogen-bond acceptors (Lipinski definition) is 9. The Morgan fingerprint density at radius 1 is 1.00 bits per heavy atom. The fourth-order valence-corrected chi connectivity index (χ4v) is 4.02. The molecule has 11 nitrogen and oxygen atoms in total. The number of nitrogen functional groups attached to an aromatic ring is 1. The van der Waals surface area contributed by atoms with Crippen LogP contribution in [0.3, 0.4) is 0 Å². The van der Waals surface area contributed by atoms with Crippen LogP contribution in [0.1, 0.15) is 44.1 Å². The Bertz CT molecular complexity index is 899. The molecule has 0 aliphatic carbocycles. The van der Waals surface area contributed by atoms with Crippen LogP contribution in [0.25, 0.3) is 0 Å². The molecule has 1 aromatic heterocycles. The predicted molar refractivity (Wildman–Crippen MR) is 110 cm³/mol. The van der Waals surface area contributed by atoms with Crippen LogP contribution in [0.15, 0.2) is 17.2 Å². The van der Waals surface area contributed by atoms with E-state index in [1.165, 1.54) is 12.8 Å². The van der Waals surface area contributed by atoms with E-state index in [-0.39, 0.29) is 16.6 Å². The number of nitrogens with zero attached hydrogens (tertiary/aromatic N) is 8. The lowest BCUT2D eigenvalue weighted by molar-refractivity contribution is -0.384. The number of piperidine rings is 2. The van der Waals surface area contributed by atoms with Crippen molar-refractivity contribution in [1.82, 2.24) is 20.3 Å². The van der Waals surface area contributed by atoms with E-state index in [1.54, 1.807) is 12.3 Å². The van der Waals surface area contributed by atoms with Gasteiger partial charge in [0, 0.05) is 43.5 Å². The van der Waals surface area contributed by atoms with Crippen molar-refractivity contribution in [2.75, 3.05) is 41.7 Å². The third-order valence-electron chi connectivity index (χ3n) is 5.50. The fourth-order valence-electron chi connectivity index (χ4n) is 4.02. The molecule has 0 radical (unpaired) electrons. The Morgan fingerprint density at radius 2 is 1.62 bits per heavy atom. The molecule has 0 spiro atoms. The summed E-state index contributed by atoms with van der Waals surface area (Å²) < 4.78 is 0. The second-order valence-corrected chi connectivity index (χ2v) is 7.42. The van der Waals surface area contributed by atoms with Crippen molar-refractivity contribution in [1.29, 1.82) is 0 Å². The number of tetrazole rings is 1. The quantitative estimate of drug-likeness (QED) is 0.459. The molecule has 0 bridgehead atoms. The molecule has 2 aliphatic rings. The zero-order valence-electron chi connectivity index (χ0n) is 16.3. The molecule has 29 heavy (non-hydrogen) atoms. The van der Waals surface area contributed by atoms with Crippen molar-refractivity contribution in [3.8, 4) is 0 Å². The molecule has 2 aliphatic heterocycles. The van der Waals surface area contributed by atoms with Gasteiger partial charge in [-0.2, -0.15) is 5.10 Å². The highest BCUT2D eigenvalue weighted by Gasteiger charge is 2.26. The van der Waals surface area contributed by atoms with E-state index in [0.29, 0.717) is 11.3 Å². The third kappa shape index (κ3) is 4.13. The first-order chi connectivity index (χ1) is 14.1. The summed E-state index contributed by atoms with van der Waals surface area (Å²) in [4.78, 5) is 17.1. The molecule has 0 unspecified atom stereocenters. The summed E-state index contributed by atoms with van der Waals surface area (Å²) >= 11 is 0. The summed E-state index contributed by atoms with van der Waals surface area (Å²) in [5.74, 6) is 0.0557. The SMILES string of the molecule is Nc1nnnn1/N=C\c1cc([N+](=O)[O-])c(N2CCCCC2)cc1N1CCCCC1. The van der Waals surface area contributed by atoms with Gasteiger partial charge in [-0.3, -0.25) is 10.1 Å². The number of aromatic nitrogens is 4. The zero-order chi connectivity index (χ0) is 20.2. The lowest BCUT2D eigenvalue weighted by Crippen LogP contribution is -2.32. The zero-order valence-corrected chi connectivity index (χ0v) is 16.3. The number of benzene rings is 1. The smallest absolute Gasteiger partial charge is 0.293 e. The first-order valence-corrected chi connectivity index (χ1v) is 10.0. The van der Waals surface area contributed by atoms with Crippen molar-refractivity contribution in [3.63, 3.8) is 0 Å². The van der Waals surface area contributed by atoms with Crippen LogP contribution < -0.4 is 15.5 Å². The monoisotopic (exact) mass is 399 g/mol. The van der Waals surface area contributed by atoms with Gasteiger partial charge < -0.3 is 15.5 Å². The maximum atomic E-state index is 11.9. The predicted octanol–water partition coefficient (Wildman–Crippen LogP) is 2.03. The Kier molecular flexibility index (Phi) is 5.54. The number of rotatable bonds is 5. The van der Waals surface area contributed by atoms with Crippen LogP contribution in [-0.2, 0) is 0 Å². The maximum Gasteiger partial charge on any atom is 0.293 e. The van der Waals surface area contributed by atoms with E-state index in [2.05, 4.69) is 30.4 Å². The van der Waals surface area contributed by atoms with Gasteiger partial charge >= 0.3 is 0 Å². The van der Waals surface area contributed by atoms with Crippen LogP contribution in [-0.4, -0.2) is 57.6 Å². The van der Waals surface area contributed by atoms with E-state index < -0.39 is 0 Å². The molecule has 2 fully saturated rings. The van der Waals surface area contributed by atoms with Gasteiger partial charge in [-0.25, -0.2) is 0 Å². The number of nitro groups is 1. The van der Waals surface area contributed by atoms with Gasteiger partial charge in [0.2, 0.25) is 0 Å². The molecule has 2 aromatic rings. The molecule has 4 rings (SSSR count). The van der Waals surface area contributed by atoms with Gasteiger partial charge in [0.25, 0.3) is 11.6 Å². The second-order valence-electron chi connectivity index (χ2n) is 7.42. The molecule has 1 aromatic carbocycles. The molecule has 0 saturated carbocycles. The summed E-state index contributed by atoms with van der Waals surface area (Å²) in [7, 11) is 0. The minimum Gasteiger partial charge on any atom is -0.371 e. The molecule has 0 amide bonds. The first-order valence-electron chi connectivity index (χ1n) is 10.0. The van der Waals surface area contributed by atoms with Crippen molar-refractivity contribution in [3.05, 3.63) is 27.8 Å². The molecule has 2 saturated heterocycles. The average Bonchev–Trinajstić information content (AvgIpc) is 3.17. The molecule has 11 heteroatoms. The van der Waals surface area contributed by atoms with Gasteiger partial charge in [-0.15, -0.1) is 0 Å². The Hall–Kier alpha value is -3.24. The minimum atomic E-state index is -0.313. The van der Waals surface area contributed by atoms with Crippen molar-refractivity contribution in [2.24, 2.45) is 5.10 Å². The molecular formula is C18H25N9O2. The topological polar surface area (TPSA) is 132 Å². The van der Waals surface area contributed by atoms with E-state index in [1.807, 2.05) is 6.07 Å². The minimum absolute atomic E-state index is 0.0557. The number of anilines is 3. The first kappa shape index (κ1) is 19.1. The van der Waals surface area contributed by atoms with E-state index in [0.717, 1.165) is 62.3 Å². The van der Waals surface area contributed by atoms with Crippen molar-refractivity contribution in [2.45, 2.75) is 38.5 Å². The number of hydrogen-bond donors (Lipinski definition) is 1. The van der Waals surface area contributed by atoms with Gasteiger partial charge in [-0.05, 0) is 55.0 Å². The lowest BCUT2D eigenvalue weighted by Gasteiger charge is -2.33. The van der Waals surface area contributed by atoms with E-state index >= 15 is 0 Å². The third-order valence-corrected chi connectivity index (χ3v) is 5.50. The summed E-state index contributed by atoms with van der Waals surface area (Å²) in [5, 5.41) is 26.8. The summed E-state index contributed by atoms with van der Waals surface area (Å²) in [5.41, 5.74) is 8.07. The van der Waals surface area contributed by atoms with Gasteiger partial charge in [0.1, 0.15) is 5.69 Å². The standard InChI is InChI=1S/C18H25N9O2/c19-18-21-22-23-26(18)20-13-14-11-17(27(28)29)16(25-9-5-2-6-10-25)12-15(14)24-7-3-1-4-8-24/h11-13H,1-10H2,(H2,19,21,23)/b20-13-. The number of nitrogens with two attached hydrogens (primary N) is 1. The van der Waals surface area contributed by atoms with Gasteiger partial charge in [0.15, 0.2) is 0 Å². The number of nitro benzene ring substituents is 1.